The van der Waals surface area contributed by atoms with E-state index in [2.05, 4.69) is 0 Å². The zero-order valence-electron chi connectivity index (χ0n) is 10.7. The average molecular weight is 279 g/mol. The second kappa shape index (κ2) is 4.63. The Hall–Kier alpha value is -1.36. The van der Waals surface area contributed by atoms with E-state index in [0.29, 0.717) is 36.6 Å². The molecule has 0 bridgehead atoms. The largest absolute Gasteiger partial charge is 0.294 e. The van der Waals surface area contributed by atoms with Crippen LogP contribution in [0, 0.1) is 5.92 Å². The standard InChI is InChI=1S/C14H17NO3S/c16-14-6-3-9-15(13-5-2-1-4-12(13)14)19(17,18)10-11-7-8-11/h1-2,4-5,11H,3,6-10H2. The molecule has 0 amide bonds. The molecule has 0 atom stereocenters. The molecule has 0 N–H and O–H groups in total. The number of hydrogen-bond acceptors (Lipinski definition) is 3. The average Bonchev–Trinajstić information content (AvgIpc) is 3.17. The third-order valence-electron chi connectivity index (χ3n) is 3.72. The van der Waals surface area contributed by atoms with Crippen molar-refractivity contribution in [1.29, 1.82) is 0 Å². The highest BCUT2D eigenvalue weighted by molar-refractivity contribution is 7.92. The monoisotopic (exact) mass is 279 g/mol. The molecule has 1 saturated carbocycles. The van der Waals surface area contributed by atoms with Crippen molar-refractivity contribution in [3.05, 3.63) is 29.8 Å². The molecule has 4 nitrogen and oxygen atoms in total. The number of rotatable bonds is 3. The van der Waals surface area contributed by atoms with Crippen molar-refractivity contribution in [1.82, 2.24) is 0 Å². The number of carbonyl (C=O) groups is 1. The Labute approximate surface area is 113 Å². The number of sulfonamides is 1. The molecule has 1 aromatic rings. The van der Waals surface area contributed by atoms with E-state index in [1.165, 1.54) is 4.31 Å². The molecule has 19 heavy (non-hydrogen) atoms. The van der Waals surface area contributed by atoms with Gasteiger partial charge in [-0.15, -0.1) is 0 Å². The van der Waals surface area contributed by atoms with E-state index < -0.39 is 10.0 Å². The molecule has 1 fully saturated rings. The predicted octanol–water partition coefficient (Wildman–Crippen LogP) is 2.21. The molecule has 0 spiro atoms. The van der Waals surface area contributed by atoms with Crippen LogP contribution in [0.1, 0.15) is 36.0 Å². The highest BCUT2D eigenvalue weighted by atomic mass is 32.2. The Morgan fingerprint density at radius 1 is 1.21 bits per heavy atom. The van der Waals surface area contributed by atoms with Crippen LogP contribution in [0.15, 0.2) is 24.3 Å². The number of Topliss-reactive ketones (excluding diaryl/α,β-unsaturated/α-hetero) is 1. The summed E-state index contributed by atoms with van der Waals surface area (Å²) >= 11 is 0. The molecule has 102 valence electrons. The van der Waals surface area contributed by atoms with Gasteiger partial charge in [-0.05, 0) is 37.3 Å². The fourth-order valence-electron chi connectivity index (χ4n) is 2.53. The van der Waals surface area contributed by atoms with Crippen LogP contribution in [-0.2, 0) is 10.0 Å². The summed E-state index contributed by atoms with van der Waals surface area (Å²) in [5, 5.41) is 0. The van der Waals surface area contributed by atoms with Gasteiger partial charge in [-0.1, -0.05) is 12.1 Å². The van der Waals surface area contributed by atoms with Crippen LogP contribution in [0.5, 0.6) is 0 Å². The van der Waals surface area contributed by atoms with Crippen molar-refractivity contribution < 1.29 is 13.2 Å². The van der Waals surface area contributed by atoms with E-state index in [1.54, 1.807) is 24.3 Å². The zero-order valence-corrected chi connectivity index (χ0v) is 11.5. The van der Waals surface area contributed by atoms with Crippen molar-refractivity contribution in [2.45, 2.75) is 25.7 Å². The van der Waals surface area contributed by atoms with Gasteiger partial charge in [0.2, 0.25) is 10.0 Å². The van der Waals surface area contributed by atoms with Gasteiger partial charge in [0.1, 0.15) is 0 Å². The number of anilines is 1. The van der Waals surface area contributed by atoms with Crippen molar-refractivity contribution in [2.75, 3.05) is 16.6 Å². The number of benzene rings is 1. The molecule has 0 radical (unpaired) electrons. The molecule has 1 aliphatic carbocycles. The molecule has 1 heterocycles. The van der Waals surface area contributed by atoms with Gasteiger partial charge in [-0.25, -0.2) is 8.42 Å². The van der Waals surface area contributed by atoms with Crippen molar-refractivity contribution in [3.63, 3.8) is 0 Å². The lowest BCUT2D eigenvalue weighted by atomic mass is 10.1. The van der Waals surface area contributed by atoms with Gasteiger partial charge in [-0.3, -0.25) is 9.10 Å². The third-order valence-corrected chi connectivity index (χ3v) is 5.66. The summed E-state index contributed by atoms with van der Waals surface area (Å²) in [6.45, 7) is 0.414. The summed E-state index contributed by atoms with van der Waals surface area (Å²) in [5.41, 5.74) is 1.10. The lowest BCUT2D eigenvalue weighted by Gasteiger charge is -2.24. The van der Waals surface area contributed by atoms with Gasteiger partial charge in [0.25, 0.3) is 0 Å². The van der Waals surface area contributed by atoms with Crippen LogP contribution in [0.25, 0.3) is 0 Å². The first-order valence-corrected chi connectivity index (χ1v) is 8.31. The second-order valence-electron chi connectivity index (χ2n) is 5.34. The fraction of sp³-hybridized carbons (Fsp3) is 0.500. The Morgan fingerprint density at radius 2 is 1.95 bits per heavy atom. The molecule has 2 aliphatic rings. The number of fused-ring (bicyclic) bond motifs is 1. The Morgan fingerprint density at radius 3 is 2.68 bits per heavy atom. The fourth-order valence-corrected chi connectivity index (χ4v) is 4.50. The molecular formula is C14H17NO3S. The first kappa shape index (κ1) is 12.7. The van der Waals surface area contributed by atoms with Crippen LogP contribution < -0.4 is 4.31 Å². The van der Waals surface area contributed by atoms with Crippen LogP contribution in [0.3, 0.4) is 0 Å². The molecular weight excluding hydrogens is 262 g/mol. The van der Waals surface area contributed by atoms with Crippen LogP contribution in [0.2, 0.25) is 0 Å². The minimum Gasteiger partial charge on any atom is -0.294 e. The second-order valence-corrected chi connectivity index (χ2v) is 7.28. The van der Waals surface area contributed by atoms with E-state index in [0.717, 1.165) is 12.8 Å². The highest BCUT2D eigenvalue weighted by Gasteiger charge is 2.34. The minimum atomic E-state index is -3.30. The predicted molar refractivity (Wildman–Crippen MR) is 73.9 cm³/mol. The van der Waals surface area contributed by atoms with Gasteiger partial charge < -0.3 is 0 Å². The quantitative estimate of drug-likeness (QED) is 0.852. The van der Waals surface area contributed by atoms with Gasteiger partial charge in [0.15, 0.2) is 5.78 Å². The molecule has 1 aromatic carbocycles. The number of ketones is 1. The lowest BCUT2D eigenvalue weighted by Crippen LogP contribution is -2.34. The van der Waals surface area contributed by atoms with E-state index in [9.17, 15) is 13.2 Å². The third kappa shape index (κ3) is 2.52. The van der Waals surface area contributed by atoms with Crippen LogP contribution in [-0.4, -0.2) is 26.5 Å². The Bertz CT molecular complexity index is 605. The summed E-state index contributed by atoms with van der Waals surface area (Å²) in [7, 11) is -3.30. The Kier molecular flexibility index (Phi) is 3.09. The number of carbonyl (C=O) groups excluding carboxylic acids is 1. The maximum absolute atomic E-state index is 12.5. The zero-order chi connectivity index (χ0) is 13.5. The minimum absolute atomic E-state index is 0.0414. The van der Waals surface area contributed by atoms with E-state index in [4.69, 9.17) is 0 Å². The molecule has 0 saturated heterocycles. The summed E-state index contributed by atoms with van der Waals surface area (Å²) < 4.78 is 26.4. The smallest absolute Gasteiger partial charge is 0.235 e. The summed E-state index contributed by atoms with van der Waals surface area (Å²) in [6.07, 6.45) is 3.03. The van der Waals surface area contributed by atoms with E-state index in [1.807, 2.05) is 0 Å². The summed E-state index contributed by atoms with van der Waals surface area (Å²) in [4.78, 5) is 12.0. The van der Waals surface area contributed by atoms with Crippen LogP contribution >= 0.6 is 0 Å². The highest BCUT2D eigenvalue weighted by Crippen LogP contribution is 2.34. The SMILES string of the molecule is O=C1CCCN(S(=O)(=O)CC2CC2)c2ccccc21. The van der Waals surface area contributed by atoms with Crippen molar-refractivity contribution >= 4 is 21.5 Å². The lowest BCUT2D eigenvalue weighted by molar-refractivity contribution is 0.0984. The van der Waals surface area contributed by atoms with Gasteiger partial charge >= 0.3 is 0 Å². The maximum atomic E-state index is 12.5. The normalized spacial score (nSPS) is 20.0. The number of para-hydroxylation sites is 1. The van der Waals surface area contributed by atoms with E-state index in [-0.39, 0.29) is 11.5 Å². The van der Waals surface area contributed by atoms with Crippen LogP contribution in [0.4, 0.5) is 5.69 Å². The van der Waals surface area contributed by atoms with Gasteiger partial charge in [0, 0.05) is 18.5 Å². The summed E-state index contributed by atoms with van der Waals surface area (Å²) in [5.74, 6) is 0.575. The topological polar surface area (TPSA) is 54.5 Å². The van der Waals surface area contributed by atoms with Crippen molar-refractivity contribution in [3.8, 4) is 0 Å². The number of hydrogen-bond donors (Lipinski definition) is 0. The Balaban J connectivity index is 2.01. The molecule has 5 heteroatoms. The summed E-state index contributed by atoms with van der Waals surface area (Å²) in [6, 6.07) is 7.04. The molecule has 3 rings (SSSR count). The molecule has 1 aliphatic heterocycles. The molecule has 0 unspecified atom stereocenters. The van der Waals surface area contributed by atoms with Gasteiger partial charge in [-0.2, -0.15) is 0 Å². The first-order chi connectivity index (χ1) is 9.08. The number of nitrogens with zero attached hydrogens (tertiary/aromatic N) is 1. The first-order valence-electron chi connectivity index (χ1n) is 6.70. The van der Waals surface area contributed by atoms with Crippen molar-refractivity contribution in [2.24, 2.45) is 5.92 Å². The van der Waals surface area contributed by atoms with E-state index >= 15 is 0 Å². The maximum Gasteiger partial charge on any atom is 0.235 e. The van der Waals surface area contributed by atoms with Gasteiger partial charge in [0.05, 0.1) is 11.4 Å². The molecule has 0 aromatic heterocycles.